The van der Waals surface area contributed by atoms with Gasteiger partial charge in [0.1, 0.15) is 5.75 Å². The fourth-order valence-electron chi connectivity index (χ4n) is 1.62. The van der Waals surface area contributed by atoms with Crippen molar-refractivity contribution in [2.75, 3.05) is 7.11 Å². The highest BCUT2D eigenvalue weighted by Crippen LogP contribution is 2.33. The Hall–Kier alpha value is -0.450. The first-order chi connectivity index (χ1) is 7.26. The predicted octanol–water partition coefficient (Wildman–Crippen LogP) is 3.03. The topological polar surface area (TPSA) is 43.4 Å². The smallest absolute Gasteiger partial charge is 0.236 e. The minimum atomic E-state index is -3.63. The Bertz CT molecular complexity index is 509. The predicted molar refractivity (Wildman–Crippen MR) is 66.0 cm³/mol. The van der Waals surface area contributed by atoms with Crippen molar-refractivity contribution in [1.29, 1.82) is 0 Å². The van der Waals surface area contributed by atoms with Gasteiger partial charge in [0, 0.05) is 15.7 Å². The average Bonchev–Trinajstić information content (AvgIpc) is 2.11. The fourth-order valence-corrected chi connectivity index (χ4v) is 3.11. The fraction of sp³-hybridized carbons (Fsp3) is 0.400. The van der Waals surface area contributed by atoms with Crippen molar-refractivity contribution < 1.29 is 13.2 Å². The van der Waals surface area contributed by atoms with Gasteiger partial charge >= 0.3 is 0 Å². The maximum atomic E-state index is 11.1. The number of ether oxygens (including phenoxy) is 1. The number of rotatable bonds is 3. The summed E-state index contributed by atoms with van der Waals surface area (Å²) < 4.78 is 27.3. The lowest BCUT2D eigenvalue weighted by Crippen LogP contribution is -2.02. The summed E-state index contributed by atoms with van der Waals surface area (Å²) in [5, 5.41) is 0.389. The molecule has 0 bridgehead atoms. The summed E-state index contributed by atoms with van der Waals surface area (Å²) in [6.07, 6.45) is 0. The molecule has 6 heteroatoms. The molecular weight excluding hydrogens is 271 g/mol. The molecule has 0 aliphatic rings. The van der Waals surface area contributed by atoms with Gasteiger partial charge in [-0.1, -0.05) is 11.6 Å². The van der Waals surface area contributed by atoms with E-state index in [0.717, 1.165) is 5.56 Å². The Balaban J connectivity index is 3.40. The third kappa shape index (κ3) is 3.03. The van der Waals surface area contributed by atoms with E-state index in [1.807, 2.05) is 6.92 Å². The van der Waals surface area contributed by atoms with E-state index in [1.165, 1.54) is 7.11 Å². The zero-order valence-electron chi connectivity index (χ0n) is 9.17. The molecule has 1 aromatic carbocycles. The molecule has 0 fully saturated rings. The SMILES string of the molecule is COc1c(C)cc(Cl)c(CS(=O)(=O)Cl)c1C. The van der Waals surface area contributed by atoms with Gasteiger partial charge in [-0.2, -0.15) is 0 Å². The van der Waals surface area contributed by atoms with Crippen LogP contribution in [-0.2, 0) is 14.8 Å². The molecule has 0 aliphatic heterocycles. The number of hydrogen-bond donors (Lipinski definition) is 0. The molecule has 0 amide bonds. The maximum Gasteiger partial charge on any atom is 0.236 e. The van der Waals surface area contributed by atoms with Crippen LogP contribution in [0.15, 0.2) is 6.07 Å². The van der Waals surface area contributed by atoms with Gasteiger partial charge in [0.05, 0.1) is 12.9 Å². The molecule has 90 valence electrons. The molecule has 0 heterocycles. The first-order valence-electron chi connectivity index (χ1n) is 4.51. The molecule has 3 nitrogen and oxygen atoms in total. The number of halogens is 2. The highest BCUT2D eigenvalue weighted by molar-refractivity contribution is 8.13. The summed E-state index contributed by atoms with van der Waals surface area (Å²) in [7, 11) is 3.12. The summed E-state index contributed by atoms with van der Waals surface area (Å²) >= 11 is 5.99. The Kier molecular flexibility index (Phi) is 4.10. The summed E-state index contributed by atoms with van der Waals surface area (Å²) in [5.41, 5.74) is 2.05. The van der Waals surface area contributed by atoms with Crippen LogP contribution in [0.1, 0.15) is 16.7 Å². The molecule has 1 rings (SSSR count). The van der Waals surface area contributed by atoms with Crippen LogP contribution >= 0.6 is 22.3 Å². The maximum absolute atomic E-state index is 11.1. The number of benzene rings is 1. The van der Waals surface area contributed by atoms with Crippen molar-refractivity contribution in [3.63, 3.8) is 0 Å². The van der Waals surface area contributed by atoms with Gasteiger partial charge in [0.2, 0.25) is 9.05 Å². The Morgan fingerprint density at radius 1 is 1.38 bits per heavy atom. The van der Waals surface area contributed by atoms with Crippen LogP contribution in [-0.4, -0.2) is 15.5 Å². The lowest BCUT2D eigenvalue weighted by Gasteiger charge is -2.14. The van der Waals surface area contributed by atoms with E-state index in [2.05, 4.69) is 0 Å². The third-order valence-corrected chi connectivity index (χ3v) is 3.60. The van der Waals surface area contributed by atoms with Gasteiger partial charge in [-0.3, -0.25) is 0 Å². The molecule has 0 radical (unpaired) electrons. The summed E-state index contributed by atoms with van der Waals surface area (Å²) in [6, 6.07) is 1.67. The first-order valence-corrected chi connectivity index (χ1v) is 7.36. The van der Waals surface area contributed by atoms with Crippen molar-refractivity contribution in [2.24, 2.45) is 0 Å². The molecule has 0 aliphatic carbocycles. The monoisotopic (exact) mass is 282 g/mol. The highest BCUT2D eigenvalue weighted by Gasteiger charge is 2.17. The zero-order valence-corrected chi connectivity index (χ0v) is 11.5. The molecule has 0 saturated carbocycles. The van der Waals surface area contributed by atoms with Gasteiger partial charge in [0.25, 0.3) is 0 Å². The second-order valence-electron chi connectivity index (χ2n) is 3.50. The summed E-state index contributed by atoms with van der Waals surface area (Å²) in [4.78, 5) is 0. The molecule has 0 atom stereocenters. The van der Waals surface area contributed by atoms with E-state index in [4.69, 9.17) is 27.0 Å². The average molecular weight is 283 g/mol. The first kappa shape index (κ1) is 13.6. The number of methoxy groups -OCH3 is 1. The minimum absolute atomic E-state index is 0.296. The Morgan fingerprint density at radius 3 is 2.38 bits per heavy atom. The zero-order chi connectivity index (χ0) is 12.5. The summed E-state index contributed by atoms with van der Waals surface area (Å²) in [5.74, 6) is 0.343. The van der Waals surface area contributed by atoms with Crippen LogP contribution in [0.4, 0.5) is 0 Å². The van der Waals surface area contributed by atoms with Gasteiger partial charge < -0.3 is 4.74 Å². The Morgan fingerprint density at radius 2 is 1.94 bits per heavy atom. The van der Waals surface area contributed by atoms with Crippen LogP contribution in [0, 0.1) is 13.8 Å². The standard InChI is InChI=1S/C10H12Cl2O3S/c1-6-4-9(11)8(5-16(12,13)14)7(2)10(6)15-3/h4H,5H2,1-3H3. The molecule has 0 saturated heterocycles. The minimum Gasteiger partial charge on any atom is -0.496 e. The molecule has 0 aromatic heterocycles. The van der Waals surface area contributed by atoms with Gasteiger partial charge in [-0.25, -0.2) is 8.42 Å². The van der Waals surface area contributed by atoms with E-state index in [0.29, 0.717) is 21.9 Å². The van der Waals surface area contributed by atoms with Crippen LogP contribution < -0.4 is 4.74 Å². The largest absolute Gasteiger partial charge is 0.496 e. The molecule has 0 N–H and O–H groups in total. The van der Waals surface area contributed by atoms with E-state index in [-0.39, 0.29) is 5.75 Å². The summed E-state index contributed by atoms with van der Waals surface area (Å²) in [6.45, 7) is 3.60. The lowest BCUT2D eigenvalue weighted by atomic mass is 10.1. The second-order valence-corrected chi connectivity index (χ2v) is 6.68. The lowest BCUT2D eigenvalue weighted by molar-refractivity contribution is 0.408. The van der Waals surface area contributed by atoms with Gasteiger partial charge in [-0.15, -0.1) is 0 Å². The van der Waals surface area contributed by atoms with E-state index in [1.54, 1.807) is 13.0 Å². The molecule has 0 spiro atoms. The van der Waals surface area contributed by atoms with E-state index < -0.39 is 9.05 Å². The second kappa shape index (κ2) is 4.82. The number of hydrogen-bond acceptors (Lipinski definition) is 3. The van der Waals surface area contributed by atoms with Crippen molar-refractivity contribution in [2.45, 2.75) is 19.6 Å². The number of aryl methyl sites for hydroxylation is 1. The van der Waals surface area contributed by atoms with Crippen LogP contribution in [0.3, 0.4) is 0 Å². The van der Waals surface area contributed by atoms with Crippen LogP contribution in [0.25, 0.3) is 0 Å². The third-order valence-electron chi connectivity index (χ3n) is 2.30. The Labute approximate surface area is 105 Å². The molecular formula is C10H12Cl2O3S. The van der Waals surface area contributed by atoms with Gasteiger partial charge in [0.15, 0.2) is 0 Å². The van der Waals surface area contributed by atoms with Crippen molar-refractivity contribution in [3.8, 4) is 5.75 Å². The molecule has 0 unspecified atom stereocenters. The van der Waals surface area contributed by atoms with E-state index >= 15 is 0 Å². The van der Waals surface area contributed by atoms with Gasteiger partial charge in [-0.05, 0) is 36.6 Å². The normalized spacial score (nSPS) is 11.6. The van der Waals surface area contributed by atoms with E-state index in [9.17, 15) is 8.42 Å². The van der Waals surface area contributed by atoms with Crippen molar-refractivity contribution >= 4 is 31.3 Å². The quantitative estimate of drug-likeness (QED) is 0.801. The van der Waals surface area contributed by atoms with Crippen LogP contribution in [0.2, 0.25) is 5.02 Å². The molecule has 16 heavy (non-hydrogen) atoms. The van der Waals surface area contributed by atoms with Crippen LogP contribution in [0.5, 0.6) is 5.75 Å². The van der Waals surface area contributed by atoms with Crippen molar-refractivity contribution in [3.05, 3.63) is 27.8 Å². The highest BCUT2D eigenvalue weighted by atomic mass is 35.7. The van der Waals surface area contributed by atoms with Crippen molar-refractivity contribution in [1.82, 2.24) is 0 Å². The molecule has 1 aromatic rings.